The fourth-order valence-corrected chi connectivity index (χ4v) is 3.76. The lowest BCUT2D eigenvalue weighted by Gasteiger charge is -2.34. The summed E-state index contributed by atoms with van der Waals surface area (Å²) in [4.78, 5) is 12.6. The number of anilines is 2. The molecule has 1 atom stereocenters. The highest BCUT2D eigenvalue weighted by atomic mass is 35.5. The second-order valence-corrected chi connectivity index (χ2v) is 8.47. The van der Waals surface area contributed by atoms with Crippen molar-refractivity contribution < 1.29 is 22.7 Å². The number of hydrogen-bond acceptors (Lipinski definition) is 5. The third kappa shape index (κ3) is 4.58. The van der Waals surface area contributed by atoms with E-state index in [9.17, 15) is 13.2 Å². The van der Waals surface area contributed by atoms with E-state index in [2.05, 4.69) is 11.9 Å². The molecule has 1 aliphatic rings. The predicted octanol–water partition coefficient (Wildman–Crippen LogP) is 3.07. The van der Waals surface area contributed by atoms with Gasteiger partial charge in [-0.3, -0.25) is 9.10 Å². The van der Waals surface area contributed by atoms with Crippen molar-refractivity contribution in [2.75, 3.05) is 29.0 Å². The van der Waals surface area contributed by atoms with Gasteiger partial charge in [0.1, 0.15) is 18.1 Å². The standard InChI is InChI=1S/C19H19ClN2O5S/c1-3-10-26-15-7-5-14(6-8-15)21-19(23)18-12-22(28(2,24)25)16-11-13(20)4-9-17(16)27-18/h3-9,11,18H,1,10,12H2,2H3,(H,21,23)/t18-/m0/s1. The van der Waals surface area contributed by atoms with Crippen molar-refractivity contribution in [1.29, 1.82) is 0 Å². The molecule has 1 amide bonds. The van der Waals surface area contributed by atoms with E-state index < -0.39 is 22.0 Å². The van der Waals surface area contributed by atoms with Gasteiger partial charge in [0.15, 0.2) is 6.10 Å². The first-order valence-corrected chi connectivity index (χ1v) is 10.6. The van der Waals surface area contributed by atoms with Crippen LogP contribution in [0.15, 0.2) is 55.1 Å². The van der Waals surface area contributed by atoms with Gasteiger partial charge in [-0.1, -0.05) is 24.3 Å². The van der Waals surface area contributed by atoms with Gasteiger partial charge >= 0.3 is 0 Å². The highest BCUT2D eigenvalue weighted by Crippen LogP contribution is 2.37. The number of halogens is 1. The van der Waals surface area contributed by atoms with Crippen LogP contribution in [0.25, 0.3) is 0 Å². The van der Waals surface area contributed by atoms with Gasteiger partial charge in [0.2, 0.25) is 10.0 Å². The monoisotopic (exact) mass is 422 g/mol. The van der Waals surface area contributed by atoms with E-state index >= 15 is 0 Å². The lowest BCUT2D eigenvalue weighted by atomic mass is 10.2. The molecule has 0 radical (unpaired) electrons. The summed E-state index contributed by atoms with van der Waals surface area (Å²) in [5, 5.41) is 3.09. The summed E-state index contributed by atoms with van der Waals surface area (Å²) in [5.74, 6) is 0.448. The fraction of sp³-hybridized carbons (Fsp3) is 0.211. The molecule has 1 N–H and O–H groups in total. The Kier molecular flexibility index (Phi) is 5.81. The zero-order valence-corrected chi connectivity index (χ0v) is 16.7. The number of nitrogens with one attached hydrogen (secondary N) is 1. The fourth-order valence-electron chi connectivity index (χ4n) is 2.69. The molecular formula is C19H19ClN2O5S. The quantitative estimate of drug-likeness (QED) is 0.723. The molecule has 0 saturated heterocycles. The predicted molar refractivity (Wildman–Crippen MR) is 109 cm³/mol. The lowest BCUT2D eigenvalue weighted by molar-refractivity contribution is -0.122. The van der Waals surface area contributed by atoms with E-state index in [1.807, 2.05) is 0 Å². The van der Waals surface area contributed by atoms with Crippen LogP contribution in [0.4, 0.5) is 11.4 Å². The molecular weight excluding hydrogens is 404 g/mol. The van der Waals surface area contributed by atoms with Crippen molar-refractivity contribution in [3.63, 3.8) is 0 Å². The van der Waals surface area contributed by atoms with Gasteiger partial charge in [0.05, 0.1) is 18.5 Å². The third-order valence-corrected chi connectivity index (χ3v) is 5.35. The van der Waals surface area contributed by atoms with E-state index in [1.165, 1.54) is 6.07 Å². The van der Waals surface area contributed by atoms with Crippen LogP contribution in [-0.4, -0.2) is 39.8 Å². The minimum absolute atomic E-state index is 0.154. The number of nitrogens with zero attached hydrogens (tertiary/aromatic N) is 1. The molecule has 148 valence electrons. The van der Waals surface area contributed by atoms with Crippen molar-refractivity contribution >= 4 is 38.9 Å². The second-order valence-electron chi connectivity index (χ2n) is 6.13. The summed E-state index contributed by atoms with van der Waals surface area (Å²) < 4.78 is 36.6. The molecule has 0 aliphatic carbocycles. The normalized spacial score (nSPS) is 15.9. The van der Waals surface area contributed by atoms with E-state index in [4.69, 9.17) is 21.1 Å². The molecule has 9 heteroatoms. The van der Waals surface area contributed by atoms with E-state index in [0.717, 1.165) is 10.6 Å². The Morgan fingerprint density at radius 2 is 2.07 bits per heavy atom. The van der Waals surface area contributed by atoms with Crippen LogP contribution >= 0.6 is 11.6 Å². The first kappa shape index (κ1) is 20.0. The first-order valence-electron chi connectivity index (χ1n) is 8.36. The molecule has 2 aromatic carbocycles. The Balaban J connectivity index is 1.77. The van der Waals surface area contributed by atoms with Crippen molar-refractivity contribution in [3.05, 3.63) is 60.1 Å². The second kappa shape index (κ2) is 8.12. The molecule has 1 heterocycles. The Bertz CT molecular complexity index is 992. The minimum atomic E-state index is -3.62. The summed E-state index contributed by atoms with van der Waals surface area (Å²) in [5.41, 5.74) is 0.843. The van der Waals surface area contributed by atoms with Gasteiger partial charge in [-0.05, 0) is 42.5 Å². The van der Waals surface area contributed by atoms with Crippen LogP contribution in [0.1, 0.15) is 0 Å². The molecule has 0 aromatic heterocycles. The number of amides is 1. The molecule has 1 aliphatic heterocycles. The van der Waals surface area contributed by atoms with E-state index in [-0.39, 0.29) is 12.3 Å². The zero-order chi connectivity index (χ0) is 20.3. The molecule has 3 rings (SSSR count). The van der Waals surface area contributed by atoms with Gasteiger partial charge in [-0.2, -0.15) is 0 Å². The molecule has 0 unspecified atom stereocenters. The number of rotatable bonds is 6. The van der Waals surface area contributed by atoms with Crippen LogP contribution in [0.5, 0.6) is 11.5 Å². The van der Waals surface area contributed by atoms with E-state index in [1.54, 1.807) is 42.5 Å². The average Bonchev–Trinajstić information content (AvgIpc) is 2.65. The Labute approximate surface area is 168 Å². The molecule has 28 heavy (non-hydrogen) atoms. The van der Waals surface area contributed by atoms with Crippen LogP contribution < -0.4 is 19.1 Å². The number of benzene rings is 2. The lowest BCUT2D eigenvalue weighted by Crippen LogP contribution is -2.48. The molecule has 0 spiro atoms. The van der Waals surface area contributed by atoms with Crippen LogP contribution in [-0.2, 0) is 14.8 Å². The summed E-state index contributed by atoms with van der Waals surface area (Å²) in [6, 6.07) is 11.4. The van der Waals surface area contributed by atoms with Crippen molar-refractivity contribution in [1.82, 2.24) is 0 Å². The Morgan fingerprint density at radius 3 is 2.71 bits per heavy atom. The van der Waals surface area contributed by atoms with Gasteiger partial charge in [0, 0.05) is 10.7 Å². The maximum atomic E-state index is 12.6. The Hall–Kier alpha value is -2.71. The smallest absolute Gasteiger partial charge is 0.267 e. The number of ether oxygens (including phenoxy) is 2. The summed E-state index contributed by atoms with van der Waals surface area (Å²) in [6.45, 7) is 3.81. The zero-order valence-electron chi connectivity index (χ0n) is 15.1. The number of carbonyl (C=O) groups is 1. The highest BCUT2D eigenvalue weighted by molar-refractivity contribution is 7.92. The maximum absolute atomic E-state index is 12.6. The minimum Gasteiger partial charge on any atom is -0.490 e. The summed E-state index contributed by atoms with van der Waals surface area (Å²) in [7, 11) is -3.62. The van der Waals surface area contributed by atoms with Gasteiger partial charge < -0.3 is 14.8 Å². The topological polar surface area (TPSA) is 84.9 Å². The number of fused-ring (bicyclic) bond motifs is 1. The SMILES string of the molecule is C=CCOc1ccc(NC(=O)[C@@H]2CN(S(C)(=O)=O)c3cc(Cl)ccc3O2)cc1. The first-order chi connectivity index (χ1) is 13.3. The summed E-state index contributed by atoms with van der Waals surface area (Å²) in [6.07, 6.45) is 1.69. The number of sulfonamides is 1. The molecule has 0 saturated carbocycles. The number of hydrogen-bond donors (Lipinski definition) is 1. The Morgan fingerprint density at radius 1 is 1.36 bits per heavy atom. The molecule has 7 nitrogen and oxygen atoms in total. The average molecular weight is 423 g/mol. The maximum Gasteiger partial charge on any atom is 0.267 e. The summed E-state index contributed by atoms with van der Waals surface area (Å²) >= 11 is 5.97. The van der Waals surface area contributed by atoms with E-state index in [0.29, 0.717) is 28.8 Å². The van der Waals surface area contributed by atoms with Crippen molar-refractivity contribution in [2.45, 2.75) is 6.10 Å². The third-order valence-electron chi connectivity index (χ3n) is 3.97. The van der Waals surface area contributed by atoms with Crippen LogP contribution in [0, 0.1) is 0 Å². The molecule has 0 fully saturated rings. The van der Waals surface area contributed by atoms with Gasteiger partial charge in [-0.15, -0.1) is 0 Å². The van der Waals surface area contributed by atoms with Crippen molar-refractivity contribution in [2.24, 2.45) is 0 Å². The molecule has 2 aromatic rings. The highest BCUT2D eigenvalue weighted by Gasteiger charge is 2.35. The largest absolute Gasteiger partial charge is 0.490 e. The van der Waals surface area contributed by atoms with Crippen LogP contribution in [0.2, 0.25) is 5.02 Å². The van der Waals surface area contributed by atoms with Gasteiger partial charge in [0.25, 0.3) is 5.91 Å². The van der Waals surface area contributed by atoms with Crippen LogP contribution in [0.3, 0.4) is 0 Å². The van der Waals surface area contributed by atoms with Gasteiger partial charge in [-0.25, -0.2) is 8.42 Å². The van der Waals surface area contributed by atoms with Crippen molar-refractivity contribution in [3.8, 4) is 11.5 Å². The molecule has 0 bridgehead atoms. The number of carbonyl (C=O) groups excluding carboxylic acids is 1.